The number of alkyl halides is 3. The summed E-state index contributed by atoms with van der Waals surface area (Å²) in [7, 11) is -4.38. The minimum absolute atomic E-state index is 0.213. The van der Waals surface area contributed by atoms with Crippen LogP contribution in [0.15, 0.2) is 42.5 Å². The van der Waals surface area contributed by atoms with Crippen LogP contribution in [0.2, 0.25) is 0 Å². The van der Waals surface area contributed by atoms with Gasteiger partial charge in [-0.1, -0.05) is 18.2 Å². The lowest BCUT2D eigenvalue weighted by molar-refractivity contribution is -0.0500. The van der Waals surface area contributed by atoms with Crippen molar-refractivity contribution in [1.29, 1.82) is 0 Å². The zero-order valence-electron chi connectivity index (χ0n) is 12.2. The first-order chi connectivity index (χ1) is 11.2. The first kappa shape index (κ1) is 17.8. The molecule has 0 spiro atoms. The molecule has 0 atom stereocenters. The van der Waals surface area contributed by atoms with Crippen molar-refractivity contribution < 1.29 is 35.3 Å². The van der Waals surface area contributed by atoms with E-state index in [0.29, 0.717) is 16.9 Å². The monoisotopic (exact) mass is 360 g/mol. The quantitative estimate of drug-likeness (QED) is 0.464. The Morgan fingerprint density at radius 2 is 1.71 bits per heavy atom. The van der Waals surface area contributed by atoms with Crippen LogP contribution in [0.25, 0.3) is 11.1 Å². The van der Waals surface area contributed by atoms with Gasteiger partial charge in [-0.25, -0.2) is 0 Å². The first-order valence-electron chi connectivity index (χ1n) is 6.42. The van der Waals surface area contributed by atoms with Gasteiger partial charge in [-0.3, -0.25) is 4.79 Å². The molecule has 0 N–H and O–H groups in total. The Morgan fingerprint density at radius 3 is 2.29 bits per heavy atom. The summed E-state index contributed by atoms with van der Waals surface area (Å²) in [5.74, 6) is -0.158. The van der Waals surface area contributed by atoms with E-state index >= 15 is 0 Å². The maximum Gasteiger partial charge on any atom is 0.534 e. The molecule has 0 bridgehead atoms. The molecule has 0 fully saturated rings. The van der Waals surface area contributed by atoms with Crippen molar-refractivity contribution in [3.8, 4) is 22.6 Å². The van der Waals surface area contributed by atoms with Gasteiger partial charge in [-0.2, -0.15) is 21.6 Å². The van der Waals surface area contributed by atoms with Gasteiger partial charge in [0.1, 0.15) is 5.75 Å². The molecule has 0 aliphatic rings. The zero-order valence-corrected chi connectivity index (χ0v) is 13.0. The van der Waals surface area contributed by atoms with Crippen LogP contribution in [0, 0.1) is 0 Å². The van der Waals surface area contributed by atoms with Crippen LogP contribution in [-0.4, -0.2) is 27.3 Å². The fourth-order valence-electron chi connectivity index (χ4n) is 1.86. The van der Waals surface area contributed by atoms with E-state index in [9.17, 15) is 26.4 Å². The fraction of sp³-hybridized carbons (Fsp3) is 0.133. The van der Waals surface area contributed by atoms with Gasteiger partial charge in [-0.15, -0.1) is 0 Å². The molecule has 24 heavy (non-hydrogen) atoms. The number of hydrogen-bond acceptors (Lipinski definition) is 5. The van der Waals surface area contributed by atoms with E-state index in [1.165, 1.54) is 19.2 Å². The van der Waals surface area contributed by atoms with Crippen LogP contribution in [0.4, 0.5) is 13.2 Å². The van der Waals surface area contributed by atoms with Crippen LogP contribution >= 0.6 is 0 Å². The Bertz CT molecular complexity index is 860. The Balaban J connectivity index is 2.43. The summed E-state index contributed by atoms with van der Waals surface area (Å²) in [6.07, 6.45) is 0.213. The number of benzene rings is 2. The van der Waals surface area contributed by atoms with Gasteiger partial charge in [0, 0.05) is 0 Å². The number of aldehydes is 1. The minimum atomic E-state index is -5.85. The molecular formula is C15H11F3O5S. The van der Waals surface area contributed by atoms with Gasteiger partial charge in [0.15, 0.2) is 12.0 Å². The third-order valence-corrected chi connectivity index (χ3v) is 3.99. The molecule has 0 radical (unpaired) electrons. The molecule has 9 heteroatoms. The largest absolute Gasteiger partial charge is 0.534 e. The minimum Gasteiger partial charge on any atom is -0.497 e. The molecule has 2 aromatic rings. The van der Waals surface area contributed by atoms with Crippen LogP contribution in [0.1, 0.15) is 10.4 Å². The van der Waals surface area contributed by atoms with E-state index in [1.807, 2.05) is 0 Å². The maximum absolute atomic E-state index is 12.4. The molecule has 5 nitrogen and oxygen atoms in total. The van der Waals surface area contributed by atoms with Gasteiger partial charge < -0.3 is 8.92 Å². The van der Waals surface area contributed by atoms with E-state index < -0.39 is 21.4 Å². The van der Waals surface area contributed by atoms with Crippen molar-refractivity contribution in [2.75, 3.05) is 7.11 Å². The van der Waals surface area contributed by atoms with Gasteiger partial charge in [0.05, 0.1) is 12.7 Å². The standard InChI is InChI=1S/C15H11F3O5S/c1-22-13-4-2-3-10(8-13)11-5-6-14(12(7-11)9-19)23-24(20,21)15(16,17)18/h2-9H,1H3. The SMILES string of the molecule is COc1cccc(-c2ccc(OS(=O)(=O)C(F)(F)F)c(C=O)c2)c1. The zero-order chi connectivity index (χ0) is 18.0. The summed E-state index contributed by atoms with van der Waals surface area (Å²) >= 11 is 0. The predicted octanol–water partition coefficient (Wildman–Crippen LogP) is 3.40. The van der Waals surface area contributed by atoms with Gasteiger partial charge in [0.25, 0.3) is 0 Å². The lowest BCUT2D eigenvalue weighted by Gasteiger charge is -2.12. The third-order valence-electron chi connectivity index (χ3n) is 3.02. The summed E-state index contributed by atoms with van der Waals surface area (Å²) in [4.78, 5) is 11.1. The number of rotatable bonds is 5. The third kappa shape index (κ3) is 3.67. The van der Waals surface area contributed by atoms with Gasteiger partial charge >= 0.3 is 15.6 Å². The van der Waals surface area contributed by atoms with Crippen LogP contribution in [-0.2, 0) is 10.1 Å². The van der Waals surface area contributed by atoms with Gasteiger partial charge in [0.2, 0.25) is 0 Å². The number of carbonyl (C=O) groups excluding carboxylic acids is 1. The van der Waals surface area contributed by atoms with Crippen LogP contribution < -0.4 is 8.92 Å². The Morgan fingerprint density at radius 1 is 1.04 bits per heavy atom. The summed E-state index contributed by atoms with van der Waals surface area (Å²) < 4.78 is 68.3. The van der Waals surface area contributed by atoms with Crippen molar-refractivity contribution in [3.05, 3.63) is 48.0 Å². The molecule has 128 valence electrons. The molecule has 2 aromatic carbocycles. The predicted molar refractivity (Wildman–Crippen MR) is 79.4 cm³/mol. The fourth-order valence-corrected chi connectivity index (χ4v) is 2.35. The Kier molecular flexibility index (Phi) is 4.83. The van der Waals surface area contributed by atoms with E-state index in [4.69, 9.17) is 4.74 Å². The average molecular weight is 360 g/mol. The number of ether oxygens (including phenoxy) is 1. The number of halogens is 3. The molecule has 0 saturated carbocycles. The van der Waals surface area contributed by atoms with E-state index in [-0.39, 0.29) is 11.8 Å². The molecular weight excluding hydrogens is 349 g/mol. The highest BCUT2D eigenvalue weighted by Crippen LogP contribution is 2.31. The molecule has 0 amide bonds. The molecule has 0 aliphatic heterocycles. The van der Waals surface area contributed by atoms with Gasteiger partial charge in [-0.05, 0) is 35.4 Å². The highest BCUT2D eigenvalue weighted by molar-refractivity contribution is 7.88. The highest BCUT2D eigenvalue weighted by Gasteiger charge is 2.48. The lowest BCUT2D eigenvalue weighted by Crippen LogP contribution is -2.28. The van der Waals surface area contributed by atoms with Crippen LogP contribution in [0.5, 0.6) is 11.5 Å². The summed E-state index contributed by atoms with van der Waals surface area (Å²) in [6, 6.07) is 10.3. The maximum atomic E-state index is 12.4. The normalized spacial score (nSPS) is 11.8. The number of hydrogen-bond donors (Lipinski definition) is 0. The second-order valence-electron chi connectivity index (χ2n) is 4.59. The smallest absolute Gasteiger partial charge is 0.497 e. The summed E-state index contributed by atoms with van der Waals surface area (Å²) in [6.45, 7) is 0. The van der Waals surface area contributed by atoms with Crippen molar-refractivity contribution >= 4 is 16.4 Å². The van der Waals surface area contributed by atoms with Crippen molar-refractivity contribution in [2.45, 2.75) is 5.51 Å². The lowest BCUT2D eigenvalue weighted by atomic mass is 10.0. The topological polar surface area (TPSA) is 69.7 Å². The molecule has 0 heterocycles. The molecule has 0 saturated heterocycles. The van der Waals surface area contributed by atoms with E-state index in [2.05, 4.69) is 4.18 Å². The number of carbonyl (C=O) groups is 1. The molecule has 0 aliphatic carbocycles. The second-order valence-corrected chi connectivity index (χ2v) is 6.12. The number of methoxy groups -OCH3 is 1. The van der Waals surface area contributed by atoms with Crippen molar-refractivity contribution in [2.24, 2.45) is 0 Å². The summed E-state index contributed by atoms with van der Waals surface area (Å²) in [5.41, 5.74) is -4.81. The van der Waals surface area contributed by atoms with Crippen LogP contribution in [0.3, 0.4) is 0 Å². The van der Waals surface area contributed by atoms with E-state index in [1.54, 1.807) is 24.3 Å². The Labute approximate surface area is 135 Å². The first-order valence-corrected chi connectivity index (χ1v) is 7.83. The van der Waals surface area contributed by atoms with Crippen molar-refractivity contribution in [3.63, 3.8) is 0 Å². The van der Waals surface area contributed by atoms with E-state index in [0.717, 1.165) is 6.07 Å². The van der Waals surface area contributed by atoms with Crippen molar-refractivity contribution in [1.82, 2.24) is 0 Å². The molecule has 2 rings (SSSR count). The molecule has 0 unspecified atom stereocenters. The average Bonchev–Trinajstić information content (AvgIpc) is 2.54. The highest BCUT2D eigenvalue weighted by atomic mass is 32.2. The molecule has 0 aromatic heterocycles. The summed E-state index contributed by atoms with van der Waals surface area (Å²) in [5, 5.41) is 0. The second kappa shape index (κ2) is 6.52. The Hall–Kier alpha value is -2.55.